The highest BCUT2D eigenvalue weighted by atomic mass is 35.5. The molecule has 2 aromatic heterocycles. The van der Waals surface area contributed by atoms with Gasteiger partial charge in [0.05, 0.1) is 0 Å². The first-order chi connectivity index (χ1) is 7.74. The van der Waals surface area contributed by atoms with Gasteiger partial charge in [-0.05, 0) is 36.6 Å². The standard InChI is InChI=1S/C12H13ClN2O/c1-8-3-2-6-15-7-9(14-12(8)15)10-4-5-11(13)16-10/h4-5,7-8H,2-3,6H2,1H3. The lowest BCUT2D eigenvalue weighted by atomic mass is 10.0. The molecule has 1 atom stereocenters. The number of halogens is 1. The number of nitrogens with zero attached hydrogens (tertiary/aromatic N) is 2. The fourth-order valence-corrected chi connectivity index (χ4v) is 2.42. The summed E-state index contributed by atoms with van der Waals surface area (Å²) in [7, 11) is 0. The molecular weight excluding hydrogens is 224 g/mol. The van der Waals surface area contributed by atoms with Gasteiger partial charge in [-0.1, -0.05) is 6.92 Å². The van der Waals surface area contributed by atoms with Crippen LogP contribution in [0.5, 0.6) is 0 Å². The Bertz CT molecular complexity index is 515. The number of fused-ring (bicyclic) bond motifs is 1. The summed E-state index contributed by atoms with van der Waals surface area (Å²) in [6, 6.07) is 3.61. The SMILES string of the molecule is CC1CCCn2cc(-c3ccc(Cl)o3)nc21. The Balaban J connectivity index is 2.04. The highest BCUT2D eigenvalue weighted by Crippen LogP contribution is 2.30. The van der Waals surface area contributed by atoms with E-state index in [4.69, 9.17) is 16.0 Å². The van der Waals surface area contributed by atoms with Crippen molar-refractivity contribution in [1.82, 2.24) is 9.55 Å². The van der Waals surface area contributed by atoms with Gasteiger partial charge in [0, 0.05) is 18.7 Å². The Kier molecular flexibility index (Phi) is 2.28. The summed E-state index contributed by atoms with van der Waals surface area (Å²) in [6.45, 7) is 3.28. The van der Waals surface area contributed by atoms with E-state index in [0.717, 1.165) is 23.8 Å². The zero-order chi connectivity index (χ0) is 11.1. The maximum Gasteiger partial charge on any atom is 0.194 e. The Morgan fingerprint density at radius 3 is 3.06 bits per heavy atom. The minimum absolute atomic E-state index is 0.411. The molecule has 1 aliphatic rings. The largest absolute Gasteiger partial charge is 0.443 e. The van der Waals surface area contributed by atoms with Crippen molar-refractivity contribution < 1.29 is 4.42 Å². The maximum atomic E-state index is 5.76. The number of rotatable bonds is 1. The van der Waals surface area contributed by atoms with Crippen molar-refractivity contribution >= 4 is 11.6 Å². The van der Waals surface area contributed by atoms with Crippen molar-refractivity contribution in [2.45, 2.75) is 32.2 Å². The van der Waals surface area contributed by atoms with Crippen LogP contribution in [-0.2, 0) is 6.54 Å². The van der Waals surface area contributed by atoms with Crippen molar-refractivity contribution in [2.24, 2.45) is 0 Å². The summed E-state index contributed by atoms with van der Waals surface area (Å²) in [4.78, 5) is 4.63. The van der Waals surface area contributed by atoms with Crippen LogP contribution in [0.4, 0.5) is 0 Å². The highest BCUT2D eigenvalue weighted by molar-refractivity contribution is 6.28. The summed E-state index contributed by atoms with van der Waals surface area (Å²) >= 11 is 5.76. The van der Waals surface area contributed by atoms with E-state index < -0.39 is 0 Å². The van der Waals surface area contributed by atoms with E-state index in [1.807, 2.05) is 6.07 Å². The normalized spacial score (nSPS) is 19.8. The van der Waals surface area contributed by atoms with Crippen LogP contribution in [0, 0.1) is 0 Å². The molecule has 0 aliphatic carbocycles. The summed E-state index contributed by atoms with van der Waals surface area (Å²) in [5.41, 5.74) is 0.885. The molecule has 0 amide bonds. The van der Waals surface area contributed by atoms with Gasteiger partial charge in [-0.15, -0.1) is 0 Å². The Labute approximate surface area is 99.0 Å². The van der Waals surface area contributed by atoms with E-state index in [0.29, 0.717) is 11.1 Å². The molecule has 0 bridgehead atoms. The van der Waals surface area contributed by atoms with Crippen LogP contribution in [0.25, 0.3) is 11.5 Å². The number of imidazole rings is 1. The molecule has 0 radical (unpaired) electrons. The molecule has 1 aliphatic heterocycles. The van der Waals surface area contributed by atoms with E-state index in [1.165, 1.54) is 12.8 Å². The molecule has 1 unspecified atom stereocenters. The molecule has 84 valence electrons. The zero-order valence-electron chi connectivity index (χ0n) is 9.11. The minimum atomic E-state index is 0.411. The molecule has 3 heterocycles. The van der Waals surface area contributed by atoms with Crippen molar-refractivity contribution in [2.75, 3.05) is 0 Å². The highest BCUT2D eigenvalue weighted by Gasteiger charge is 2.20. The van der Waals surface area contributed by atoms with Gasteiger partial charge in [0.15, 0.2) is 11.0 Å². The molecule has 0 saturated heterocycles. The first-order valence-corrected chi connectivity index (χ1v) is 5.94. The lowest BCUT2D eigenvalue weighted by molar-refractivity contribution is 0.463. The third-order valence-electron chi connectivity index (χ3n) is 3.11. The molecule has 3 rings (SSSR count). The molecule has 16 heavy (non-hydrogen) atoms. The van der Waals surface area contributed by atoms with E-state index >= 15 is 0 Å². The van der Waals surface area contributed by atoms with Crippen LogP contribution in [-0.4, -0.2) is 9.55 Å². The van der Waals surface area contributed by atoms with Gasteiger partial charge in [-0.2, -0.15) is 0 Å². The van der Waals surface area contributed by atoms with Crippen molar-refractivity contribution in [3.8, 4) is 11.5 Å². The number of hydrogen-bond donors (Lipinski definition) is 0. The molecule has 0 N–H and O–H groups in total. The summed E-state index contributed by atoms with van der Waals surface area (Å²) in [5, 5.41) is 0.411. The first kappa shape index (κ1) is 9.97. The second-order valence-electron chi connectivity index (χ2n) is 4.32. The predicted molar refractivity (Wildman–Crippen MR) is 62.6 cm³/mol. The fraction of sp³-hybridized carbons (Fsp3) is 0.417. The molecule has 0 spiro atoms. The fourth-order valence-electron chi connectivity index (χ4n) is 2.27. The van der Waals surface area contributed by atoms with E-state index in [2.05, 4.69) is 22.7 Å². The van der Waals surface area contributed by atoms with Gasteiger partial charge < -0.3 is 8.98 Å². The van der Waals surface area contributed by atoms with Crippen molar-refractivity contribution in [1.29, 1.82) is 0 Å². The van der Waals surface area contributed by atoms with Gasteiger partial charge in [0.1, 0.15) is 11.5 Å². The van der Waals surface area contributed by atoms with Gasteiger partial charge in [0.25, 0.3) is 0 Å². The minimum Gasteiger partial charge on any atom is -0.443 e. The predicted octanol–water partition coefficient (Wildman–Crippen LogP) is 3.69. The molecule has 4 heteroatoms. The van der Waals surface area contributed by atoms with Crippen LogP contribution in [0.3, 0.4) is 0 Å². The third kappa shape index (κ3) is 1.55. The number of aromatic nitrogens is 2. The number of furan rings is 1. The second-order valence-corrected chi connectivity index (χ2v) is 4.70. The topological polar surface area (TPSA) is 31.0 Å². The summed E-state index contributed by atoms with van der Waals surface area (Å²) in [5.74, 6) is 2.45. The lowest BCUT2D eigenvalue weighted by Gasteiger charge is -2.19. The quantitative estimate of drug-likeness (QED) is 0.756. The number of hydrogen-bond acceptors (Lipinski definition) is 2. The van der Waals surface area contributed by atoms with Crippen LogP contribution in [0.1, 0.15) is 31.5 Å². The van der Waals surface area contributed by atoms with E-state index in [9.17, 15) is 0 Å². The van der Waals surface area contributed by atoms with Crippen LogP contribution in [0.15, 0.2) is 22.7 Å². The molecule has 0 fully saturated rings. The molecule has 0 aromatic carbocycles. The van der Waals surface area contributed by atoms with E-state index in [1.54, 1.807) is 6.07 Å². The van der Waals surface area contributed by atoms with Crippen LogP contribution < -0.4 is 0 Å². The Morgan fingerprint density at radius 2 is 2.38 bits per heavy atom. The summed E-state index contributed by atoms with van der Waals surface area (Å²) < 4.78 is 7.59. The van der Waals surface area contributed by atoms with Crippen molar-refractivity contribution in [3.05, 3.63) is 29.4 Å². The van der Waals surface area contributed by atoms with Gasteiger partial charge in [0.2, 0.25) is 0 Å². The molecular formula is C12H13ClN2O. The van der Waals surface area contributed by atoms with E-state index in [-0.39, 0.29) is 0 Å². The average Bonchev–Trinajstić information content (AvgIpc) is 2.84. The maximum absolute atomic E-state index is 5.76. The molecule has 3 nitrogen and oxygen atoms in total. The van der Waals surface area contributed by atoms with Crippen LogP contribution in [0.2, 0.25) is 5.22 Å². The lowest BCUT2D eigenvalue weighted by Crippen LogP contribution is -2.12. The monoisotopic (exact) mass is 236 g/mol. The Morgan fingerprint density at radius 1 is 1.50 bits per heavy atom. The van der Waals surface area contributed by atoms with Gasteiger partial charge >= 0.3 is 0 Å². The van der Waals surface area contributed by atoms with Gasteiger partial charge in [-0.3, -0.25) is 0 Å². The average molecular weight is 237 g/mol. The third-order valence-corrected chi connectivity index (χ3v) is 3.31. The van der Waals surface area contributed by atoms with Gasteiger partial charge in [-0.25, -0.2) is 4.98 Å². The van der Waals surface area contributed by atoms with Crippen molar-refractivity contribution in [3.63, 3.8) is 0 Å². The number of aryl methyl sites for hydroxylation is 1. The van der Waals surface area contributed by atoms with Crippen LogP contribution >= 0.6 is 11.6 Å². The zero-order valence-corrected chi connectivity index (χ0v) is 9.87. The Hall–Kier alpha value is -1.22. The smallest absolute Gasteiger partial charge is 0.194 e. The summed E-state index contributed by atoms with van der Waals surface area (Å²) in [6.07, 6.45) is 4.50. The molecule has 0 saturated carbocycles. The first-order valence-electron chi connectivity index (χ1n) is 5.57. The second kappa shape index (κ2) is 3.67. The molecule has 2 aromatic rings.